The van der Waals surface area contributed by atoms with Crippen LogP contribution in [0.2, 0.25) is 0 Å². The Bertz CT molecular complexity index is 96.1. The number of rotatable bonds is 7. The number of aldehydes is 1. The minimum absolute atomic E-state index is 0.00764. The van der Waals surface area contributed by atoms with Gasteiger partial charge in [-0.15, -0.1) is 0 Å². The fourth-order valence-corrected chi connectivity index (χ4v) is 0.916. The second-order valence-corrected chi connectivity index (χ2v) is 2.68. The number of hydrogen-bond donors (Lipinski definition) is 2. The molecule has 11 heavy (non-hydrogen) atoms. The monoisotopic (exact) mass is 158 g/mol. The normalized spacial score (nSPS) is 12.9. The molecule has 1 atom stereocenters. The first kappa shape index (κ1) is 10.6. The van der Waals surface area contributed by atoms with E-state index in [2.05, 4.69) is 12.2 Å². The first-order valence-corrected chi connectivity index (χ1v) is 4.23. The number of unbranched alkanes of at least 4 members (excludes halogenated alkanes) is 2. The van der Waals surface area contributed by atoms with Crippen molar-refractivity contribution < 1.29 is 4.79 Å². The summed E-state index contributed by atoms with van der Waals surface area (Å²) in [5.41, 5.74) is 5.63. The van der Waals surface area contributed by atoms with Crippen molar-refractivity contribution in [3.8, 4) is 0 Å². The van der Waals surface area contributed by atoms with Gasteiger partial charge in [-0.25, -0.2) is 0 Å². The van der Waals surface area contributed by atoms with Gasteiger partial charge in [-0.2, -0.15) is 0 Å². The van der Waals surface area contributed by atoms with Crippen molar-refractivity contribution >= 4 is 6.29 Å². The summed E-state index contributed by atoms with van der Waals surface area (Å²) < 4.78 is 0. The van der Waals surface area contributed by atoms with E-state index in [-0.39, 0.29) is 6.17 Å². The lowest BCUT2D eigenvalue weighted by atomic mass is 10.2. The Kier molecular flexibility index (Phi) is 7.41. The molecule has 0 radical (unpaired) electrons. The van der Waals surface area contributed by atoms with Crippen molar-refractivity contribution in [2.75, 3.05) is 6.54 Å². The number of hydrogen-bond acceptors (Lipinski definition) is 3. The lowest BCUT2D eigenvalue weighted by Gasteiger charge is -2.10. The number of nitrogens with one attached hydrogen (secondary N) is 1. The van der Waals surface area contributed by atoms with E-state index >= 15 is 0 Å². The Hall–Kier alpha value is -0.410. The molecule has 0 aromatic heterocycles. The zero-order valence-corrected chi connectivity index (χ0v) is 7.18. The molecule has 0 aromatic carbocycles. The third-order valence-corrected chi connectivity index (χ3v) is 1.58. The molecule has 1 unspecified atom stereocenters. The van der Waals surface area contributed by atoms with Crippen LogP contribution in [0.3, 0.4) is 0 Å². The van der Waals surface area contributed by atoms with Crippen molar-refractivity contribution in [1.29, 1.82) is 0 Å². The maximum atomic E-state index is 9.92. The van der Waals surface area contributed by atoms with Crippen molar-refractivity contribution in [3.05, 3.63) is 0 Å². The number of nitrogens with two attached hydrogens (primary N) is 1. The van der Waals surface area contributed by atoms with Crippen LogP contribution in [0.4, 0.5) is 0 Å². The van der Waals surface area contributed by atoms with Crippen LogP contribution in [0, 0.1) is 0 Å². The largest absolute Gasteiger partial charge is 0.316 e. The molecular weight excluding hydrogens is 140 g/mol. The molecule has 0 saturated heterocycles. The highest BCUT2D eigenvalue weighted by atomic mass is 16.1. The minimum Gasteiger partial charge on any atom is -0.316 e. The third kappa shape index (κ3) is 7.49. The molecule has 0 aliphatic heterocycles. The number of carbonyl (C=O) groups excluding carboxylic acids is 1. The van der Waals surface area contributed by atoms with Crippen molar-refractivity contribution in [2.45, 2.75) is 38.8 Å². The van der Waals surface area contributed by atoms with E-state index in [4.69, 9.17) is 5.73 Å². The van der Waals surface area contributed by atoms with Gasteiger partial charge in [-0.1, -0.05) is 26.2 Å². The summed E-state index contributed by atoms with van der Waals surface area (Å²) in [6.45, 7) is 2.53. The van der Waals surface area contributed by atoms with Crippen LogP contribution in [0.1, 0.15) is 32.6 Å². The average molecular weight is 158 g/mol. The van der Waals surface area contributed by atoms with Crippen LogP contribution in [0.5, 0.6) is 0 Å². The van der Waals surface area contributed by atoms with E-state index in [1.165, 1.54) is 12.8 Å². The van der Waals surface area contributed by atoms with Crippen LogP contribution in [-0.2, 0) is 4.79 Å². The van der Waals surface area contributed by atoms with Gasteiger partial charge in [0.2, 0.25) is 0 Å². The van der Waals surface area contributed by atoms with E-state index in [0.717, 1.165) is 19.1 Å². The lowest BCUT2D eigenvalue weighted by Crippen LogP contribution is -2.38. The topological polar surface area (TPSA) is 55.1 Å². The molecule has 3 N–H and O–H groups in total. The summed E-state index contributed by atoms with van der Waals surface area (Å²) in [6, 6.07) is 0. The summed E-state index contributed by atoms with van der Waals surface area (Å²) in [7, 11) is 0. The first-order chi connectivity index (χ1) is 5.31. The predicted molar refractivity (Wildman–Crippen MR) is 46.2 cm³/mol. The van der Waals surface area contributed by atoms with E-state index < -0.39 is 0 Å². The van der Waals surface area contributed by atoms with Gasteiger partial charge in [0, 0.05) is 0 Å². The van der Waals surface area contributed by atoms with Gasteiger partial charge in [-0.05, 0) is 6.42 Å². The highest BCUT2D eigenvalue weighted by Gasteiger charge is 1.98. The molecule has 0 aromatic rings. The molecule has 0 bridgehead atoms. The Labute approximate surface area is 68.3 Å². The van der Waals surface area contributed by atoms with Crippen molar-refractivity contribution in [1.82, 2.24) is 5.32 Å². The molecule has 0 fully saturated rings. The predicted octanol–water partition coefficient (Wildman–Crippen LogP) is 0.640. The minimum atomic E-state index is -0.00764. The summed E-state index contributed by atoms with van der Waals surface area (Å²) in [5.74, 6) is 0. The molecule has 66 valence electrons. The van der Waals surface area contributed by atoms with Crippen LogP contribution < -0.4 is 11.1 Å². The lowest BCUT2D eigenvalue weighted by molar-refractivity contribution is -0.107. The van der Waals surface area contributed by atoms with E-state index in [0.29, 0.717) is 6.54 Å². The SMILES string of the molecule is CCCCCC(N)NCC=O. The Morgan fingerprint density at radius 1 is 1.55 bits per heavy atom. The van der Waals surface area contributed by atoms with E-state index in [9.17, 15) is 4.79 Å². The van der Waals surface area contributed by atoms with E-state index in [1.807, 2.05) is 0 Å². The zero-order valence-electron chi connectivity index (χ0n) is 7.18. The molecule has 3 heteroatoms. The van der Waals surface area contributed by atoms with Gasteiger partial charge in [0.25, 0.3) is 0 Å². The molecule has 3 nitrogen and oxygen atoms in total. The standard InChI is InChI=1S/C8H18N2O/c1-2-3-4-5-8(9)10-6-7-11/h7-8,10H,2-6,9H2,1H3. The van der Waals surface area contributed by atoms with Crippen LogP contribution in [-0.4, -0.2) is 19.0 Å². The first-order valence-electron chi connectivity index (χ1n) is 4.23. The molecule has 0 aliphatic rings. The van der Waals surface area contributed by atoms with Gasteiger partial charge in [0.15, 0.2) is 0 Å². The third-order valence-electron chi connectivity index (χ3n) is 1.58. The molecule has 0 aliphatic carbocycles. The van der Waals surface area contributed by atoms with Crippen LogP contribution >= 0.6 is 0 Å². The van der Waals surface area contributed by atoms with Gasteiger partial charge in [0.05, 0.1) is 12.7 Å². The quantitative estimate of drug-likeness (QED) is 0.325. The van der Waals surface area contributed by atoms with Gasteiger partial charge >= 0.3 is 0 Å². The van der Waals surface area contributed by atoms with Gasteiger partial charge in [-0.3, -0.25) is 5.32 Å². The molecular formula is C8H18N2O. The Morgan fingerprint density at radius 2 is 2.27 bits per heavy atom. The Balaban J connectivity index is 3.08. The number of carbonyl (C=O) groups is 1. The second-order valence-electron chi connectivity index (χ2n) is 2.68. The van der Waals surface area contributed by atoms with Gasteiger partial charge in [0.1, 0.15) is 6.29 Å². The molecule has 0 amide bonds. The fraction of sp³-hybridized carbons (Fsp3) is 0.875. The van der Waals surface area contributed by atoms with Crippen molar-refractivity contribution in [2.24, 2.45) is 5.73 Å². The van der Waals surface area contributed by atoms with E-state index in [1.54, 1.807) is 0 Å². The molecule has 0 rings (SSSR count). The summed E-state index contributed by atoms with van der Waals surface area (Å²) >= 11 is 0. The van der Waals surface area contributed by atoms with Crippen molar-refractivity contribution in [3.63, 3.8) is 0 Å². The Morgan fingerprint density at radius 3 is 2.82 bits per heavy atom. The molecule has 0 saturated carbocycles. The van der Waals surface area contributed by atoms with Crippen LogP contribution in [0.15, 0.2) is 0 Å². The average Bonchev–Trinajstić information content (AvgIpc) is 2.01. The highest BCUT2D eigenvalue weighted by molar-refractivity contribution is 5.51. The fourth-order valence-electron chi connectivity index (χ4n) is 0.916. The van der Waals surface area contributed by atoms with Crippen LogP contribution in [0.25, 0.3) is 0 Å². The molecule has 0 spiro atoms. The van der Waals surface area contributed by atoms with Gasteiger partial charge < -0.3 is 10.5 Å². The maximum absolute atomic E-state index is 9.92. The summed E-state index contributed by atoms with van der Waals surface area (Å²) in [6.07, 6.45) is 5.36. The summed E-state index contributed by atoms with van der Waals surface area (Å²) in [4.78, 5) is 9.92. The summed E-state index contributed by atoms with van der Waals surface area (Å²) in [5, 5.41) is 2.90. The smallest absolute Gasteiger partial charge is 0.133 e. The highest BCUT2D eigenvalue weighted by Crippen LogP contribution is 1.99. The second kappa shape index (κ2) is 7.69. The molecule has 0 heterocycles. The zero-order chi connectivity index (χ0) is 8.53. The maximum Gasteiger partial charge on any atom is 0.133 e.